The van der Waals surface area contributed by atoms with E-state index < -0.39 is 0 Å². The first-order chi connectivity index (χ1) is 15.7. The molecule has 3 aromatic heterocycles. The second kappa shape index (κ2) is 9.03. The number of nitrogen functional groups attached to an aromatic ring is 1. The van der Waals surface area contributed by atoms with Gasteiger partial charge in [-0.15, -0.1) is 11.3 Å². The largest absolute Gasteiger partial charge is 0.378 e. The van der Waals surface area contributed by atoms with Crippen LogP contribution in [0.4, 0.5) is 17.5 Å². The third kappa shape index (κ3) is 4.20. The molecule has 1 aliphatic heterocycles. The van der Waals surface area contributed by atoms with Crippen molar-refractivity contribution in [1.82, 2.24) is 19.9 Å². The minimum atomic E-state index is 0.223. The van der Waals surface area contributed by atoms with Gasteiger partial charge in [0.25, 0.3) is 0 Å². The summed E-state index contributed by atoms with van der Waals surface area (Å²) < 4.78 is 6.59. The Bertz CT molecular complexity index is 1210. The van der Waals surface area contributed by atoms with Crippen LogP contribution in [-0.2, 0) is 9.57 Å². The number of nitrogens with zero attached hydrogens (tertiary/aromatic N) is 5. The van der Waals surface area contributed by atoms with E-state index in [1.165, 1.54) is 0 Å². The van der Waals surface area contributed by atoms with E-state index in [1.807, 2.05) is 19.1 Å². The third-order valence-electron chi connectivity index (χ3n) is 5.06. The summed E-state index contributed by atoms with van der Waals surface area (Å²) in [6, 6.07) is 10.2. The van der Waals surface area contributed by atoms with Gasteiger partial charge in [-0.3, -0.25) is 10.3 Å². The molecule has 4 aromatic rings. The lowest BCUT2D eigenvalue weighted by molar-refractivity contribution is 0.122. The number of rotatable bonds is 6. The number of thiophene rings is 1. The van der Waals surface area contributed by atoms with Crippen molar-refractivity contribution in [1.29, 1.82) is 0 Å². The second-order valence-corrected chi connectivity index (χ2v) is 8.21. The highest BCUT2D eigenvalue weighted by molar-refractivity contribution is 7.22. The number of hydrogen-bond donors (Lipinski definition) is 2. The van der Waals surface area contributed by atoms with Crippen molar-refractivity contribution in [2.75, 3.05) is 42.4 Å². The monoisotopic (exact) mass is 448 g/mol. The topological polar surface area (TPSA) is 111 Å². The average Bonchev–Trinajstić information content (AvgIpc) is 3.28. The number of hydrogen-bond acceptors (Lipinski definition) is 10. The van der Waals surface area contributed by atoms with Crippen molar-refractivity contribution in [3.05, 3.63) is 49.3 Å². The molecule has 0 bridgehead atoms. The SMILES string of the molecule is C[CH]ONc1ccc(-c2cc3nc(-c4cnc(N)nc4)nc(N4CCOCC4)c3s2)cc1. The van der Waals surface area contributed by atoms with Gasteiger partial charge in [-0.2, -0.15) is 0 Å². The summed E-state index contributed by atoms with van der Waals surface area (Å²) in [6.45, 7) is 6.33. The molecule has 1 radical (unpaired) electrons. The van der Waals surface area contributed by atoms with E-state index in [1.54, 1.807) is 30.3 Å². The molecule has 0 atom stereocenters. The van der Waals surface area contributed by atoms with Gasteiger partial charge in [-0.05, 0) is 30.7 Å². The number of nitrogens with two attached hydrogens (primary N) is 1. The lowest BCUT2D eigenvalue weighted by atomic mass is 10.1. The minimum absolute atomic E-state index is 0.223. The van der Waals surface area contributed by atoms with E-state index in [2.05, 4.69) is 38.5 Å². The first kappa shape index (κ1) is 20.6. The van der Waals surface area contributed by atoms with Crippen molar-refractivity contribution in [3.8, 4) is 21.8 Å². The average molecular weight is 449 g/mol. The molecular formula is C22H22N7O2S. The summed E-state index contributed by atoms with van der Waals surface area (Å²) in [5.74, 6) is 1.71. The first-order valence-corrected chi connectivity index (χ1v) is 11.0. The zero-order valence-electron chi connectivity index (χ0n) is 17.5. The fourth-order valence-corrected chi connectivity index (χ4v) is 4.58. The molecule has 0 unspecified atom stereocenters. The van der Waals surface area contributed by atoms with Crippen molar-refractivity contribution in [3.63, 3.8) is 0 Å². The lowest BCUT2D eigenvalue weighted by Crippen LogP contribution is -2.36. The van der Waals surface area contributed by atoms with E-state index in [-0.39, 0.29) is 5.95 Å². The van der Waals surface area contributed by atoms with Crippen LogP contribution in [0.5, 0.6) is 0 Å². The van der Waals surface area contributed by atoms with E-state index in [0.29, 0.717) is 19.0 Å². The van der Waals surface area contributed by atoms with Crippen LogP contribution < -0.4 is 16.1 Å². The van der Waals surface area contributed by atoms with Gasteiger partial charge in [0.2, 0.25) is 5.95 Å². The Hall–Kier alpha value is -3.34. The standard InChI is InChI=1S/C22H22N7O2S/c1-2-31-28-16-5-3-14(4-6-16)18-11-17-19(32-18)21(29-7-9-30-10-8-29)27-20(26-17)15-12-24-22(23)25-13-15/h2-6,11-13,28H,7-10H2,1H3,(H2,23,24,25). The number of fused-ring (bicyclic) bond motifs is 1. The van der Waals surface area contributed by atoms with Gasteiger partial charge in [0.1, 0.15) is 6.61 Å². The molecule has 5 rings (SSSR count). The fourth-order valence-electron chi connectivity index (χ4n) is 3.46. The lowest BCUT2D eigenvalue weighted by Gasteiger charge is -2.28. The van der Waals surface area contributed by atoms with Gasteiger partial charge in [0.15, 0.2) is 11.6 Å². The van der Waals surface area contributed by atoms with Gasteiger partial charge in [-0.25, -0.2) is 19.9 Å². The maximum absolute atomic E-state index is 5.65. The van der Waals surface area contributed by atoms with Crippen molar-refractivity contribution in [2.24, 2.45) is 0 Å². The molecule has 10 heteroatoms. The fraction of sp³-hybridized carbons (Fsp3) is 0.227. The van der Waals surface area contributed by atoms with Crippen LogP contribution in [0.25, 0.3) is 32.0 Å². The van der Waals surface area contributed by atoms with Crippen LogP contribution in [0.2, 0.25) is 0 Å². The Kier molecular flexibility index (Phi) is 5.80. The van der Waals surface area contributed by atoms with Crippen molar-refractivity contribution in [2.45, 2.75) is 6.92 Å². The molecule has 1 aliphatic rings. The molecule has 9 nitrogen and oxygen atoms in total. The van der Waals surface area contributed by atoms with Crippen LogP contribution in [0.3, 0.4) is 0 Å². The van der Waals surface area contributed by atoms with Gasteiger partial charge < -0.3 is 15.4 Å². The number of benzene rings is 1. The highest BCUT2D eigenvalue weighted by Crippen LogP contribution is 2.39. The highest BCUT2D eigenvalue weighted by Gasteiger charge is 2.20. The molecule has 0 saturated carbocycles. The minimum Gasteiger partial charge on any atom is -0.378 e. The van der Waals surface area contributed by atoms with Crippen LogP contribution in [0.1, 0.15) is 6.92 Å². The van der Waals surface area contributed by atoms with Crippen LogP contribution in [0, 0.1) is 6.61 Å². The Morgan fingerprint density at radius 1 is 1.09 bits per heavy atom. The number of nitrogens with one attached hydrogen (secondary N) is 1. The summed E-state index contributed by atoms with van der Waals surface area (Å²) in [7, 11) is 0. The third-order valence-corrected chi connectivity index (χ3v) is 6.23. The van der Waals surface area contributed by atoms with Crippen LogP contribution in [0.15, 0.2) is 42.7 Å². The molecule has 1 fully saturated rings. The second-order valence-electron chi connectivity index (χ2n) is 7.16. The molecule has 163 valence electrons. The van der Waals surface area contributed by atoms with Gasteiger partial charge in [-0.1, -0.05) is 12.1 Å². The van der Waals surface area contributed by atoms with E-state index in [9.17, 15) is 0 Å². The Labute approximate surface area is 189 Å². The smallest absolute Gasteiger partial charge is 0.219 e. The first-order valence-electron chi connectivity index (χ1n) is 10.2. The molecule has 0 aliphatic carbocycles. The predicted molar refractivity (Wildman–Crippen MR) is 126 cm³/mol. The molecular weight excluding hydrogens is 426 g/mol. The van der Waals surface area contributed by atoms with Crippen LogP contribution >= 0.6 is 11.3 Å². The Morgan fingerprint density at radius 3 is 2.56 bits per heavy atom. The molecule has 1 aromatic carbocycles. The van der Waals surface area contributed by atoms with Crippen molar-refractivity contribution < 1.29 is 9.57 Å². The molecule has 32 heavy (non-hydrogen) atoms. The maximum Gasteiger partial charge on any atom is 0.219 e. The van der Waals surface area contributed by atoms with Gasteiger partial charge in [0, 0.05) is 30.4 Å². The predicted octanol–water partition coefficient (Wildman–Crippen LogP) is 3.76. The summed E-state index contributed by atoms with van der Waals surface area (Å²) in [5.41, 5.74) is 12.1. The van der Waals surface area contributed by atoms with Gasteiger partial charge >= 0.3 is 0 Å². The van der Waals surface area contributed by atoms with Crippen LogP contribution in [-0.4, -0.2) is 46.2 Å². The van der Waals surface area contributed by atoms with Crippen molar-refractivity contribution >= 4 is 39.0 Å². The zero-order chi connectivity index (χ0) is 21.9. The van der Waals surface area contributed by atoms with E-state index >= 15 is 0 Å². The van der Waals surface area contributed by atoms with E-state index in [0.717, 1.165) is 50.8 Å². The Morgan fingerprint density at radius 2 is 1.84 bits per heavy atom. The molecule has 0 amide bonds. The summed E-state index contributed by atoms with van der Waals surface area (Å²) in [6.07, 6.45) is 3.31. The number of morpholine rings is 1. The maximum atomic E-state index is 5.65. The normalized spacial score (nSPS) is 14.1. The molecule has 0 spiro atoms. The summed E-state index contributed by atoms with van der Waals surface area (Å²) in [4.78, 5) is 26.4. The molecule has 4 heterocycles. The summed E-state index contributed by atoms with van der Waals surface area (Å²) >= 11 is 1.68. The highest BCUT2D eigenvalue weighted by atomic mass is 32.1. The quantitative estimate of drug-likeness (QED) is 0.426. The van der Waals surface area contributed by atoms with E-state index in [4.69, 9.17) is 25.3 Å². The Balaban J connectivity index is 1.57. The number of ether oxygens (including phenoxy) is 1. The number of anilines is 3. The molecule has 3 N–H and O–H groups in total. The zero-order valence-corrected chi connectivity index (χ0v) is 18.3. The summed E-state index contributed by atoms with van der Waals surface area (Å²) in [5, 5.41) is 0. The molecule has 1 saturated heterocycles. The number of aromatic nitrogens is 4. The van der Waals surface area contributed by atoms with Gasteiger partial charge in [0.05, 0.1) is 34.7 Å².